The number of para-hydroxylation sites is 2. The Labute approximate surface area is 221 Å². The van der Waals surface area contributed by atoms with Gasteiger partial charge in [0.05, 0.1) is 17.5 Å². The minimum Gasteiger partial charge on any atom is -0.505 e. The van der Waals surface area contributed by atoms with E-state index in [9.17, 15) is 28.7 Å². The molecule has 7 nitrogen and oxygen atoms in total. The number of amides is 4. The predicted octanol–water partition coefficient (Wildman–Crippen LogP) is 3.72. The van der Waals surface area contributed by atoms with E-state index >= 15 is 0 Å². The van der Waals surface area contributed by atoms with Gasteiger partial charge in [0.2, 0.25) is 11.8 Å². The third kappa shape index (κ3) is 2.88. The fraction of sp³-hybridized carbons (Fsp3) is 0.333. The van der Waals surface area contributed by atoms with E-state index in [2.05, 4.69) is 0 Å². The Morgan fingerprint density at radius 1 is 0.946 bits per heavy atom. The number of allylic oxidation sites excluding steroid dienone is 2. The number of phenols is 1. The lowest BCUT2D eigenvalue weighted by Gasteiger charge is -2.50. The molecule has 2 aromatic rings. The summed E-state index contributed by atoms with van der Waals surface area (Å²) in [6.07, 6.45) is 1.74. The Morgan fingerprint density at radius 2 is 1.65 bits per heavy atom. The van der Waals surface area contributed by atoms with Crippen molar-refractivity contribution in [2.24, 2.45) is 17.8 Å². The van der Waals surface area contributed by atoms with E-state index in [1.807, 2.05) is 0 Å². The van der Waals surface area contributed by atoms with Crippen molar-refractivity contribution in [3.63, 3.8) is 0 Å². The highest BCUT2D eigenvalue weighted by Gasteiger charge is 2.76. The number of rotatable bonds is 2. The van der Waals surface area contributed by atoms with Crippen molar-refractivity contribution in [2.75, 3.05) is 11.9 Å². The number of fused-ring (bicyclic) bond motifs is 4. The van der Waals surface area contributed by atoms with Gasteiger partial charge in [-0.1, -0.05) is 42.0 Å². The summed E-state index contributed by atoms with van der Waals surface area (Å²) in [6, 6.07) is 12.4. The van der Waals surface area contributed by atoms with Crippen LogP contribution >= 0.6 is 23.2 Å². The molecule has 10 heteroatoms. The molecule has 4 aliphatic rings. The number of carbonyl (C=O) groups excluding carboxylic acids is 4. The van der Waals surface area contributed by atoms with Gasteiger partial charge in [0.25, 0.3) is 11.8 Å². The molecule has 1 saturated carbocycles. The van der Waals surface area contributed by atoms with Crippen LogP contribution in [-0.4, -0.2) is 50.4 Å². The molecule has 0 bridgehead atoms. The first kappa shape index (κ1) is 24.1. The molecular formula is C27H21Cl2FN2O5. The zero-order valence-corrected chi connectivity index (χ0v) is 21.0. The number of hydrogen-bond acceptors (Lipinski definition) is 5. The summed E-state index contributed by atoms with van der Waals surface area (Å²) in [4.78, 5) is 52.0. The maximum atomic E-state index is 14.5. The van der Waals surface area contributed by atoms with Crippen LogP contribution in [0.5, 0.6) is 5.75 Å². The number of halogens is 3. The second kappa shape index (κ2) is 7.88. The van der Waals surface area contributed by atoms with E-state index in [0.717, 1.165) is 15.9 Å². The molecule has 1 N–H and O–H groups in total. The van der Waals surface area contributed by atoms with Gasteiger partial charge in [0.1, 0.15) is 0 Å². The van der Waals surface area contributed by atoms with Crippen molar-refractivity contribution < 1.29 is 28.7 Å². The molecule has 4 amide bonds. The molecular weight excluding hydrogens is 522 g/mol. The summed E-state index contributed by atoms with van der Waals surface area (Å²) in [7, 11) is 1.27. The molecule has 0 spiro atoms. The normalized spacial score (nSPS) is 34.9. The van der Waals surface area contributed by atoms with Gasteiger partial charge in [0, 0.05) is 18.5 Å². The number of imide groups is 2. The van der Waals surface area contributed by atoms with Crippen molar-refractivity contribution in [3.8, 4) is 5.75 Å². The lowest BCUT2D eigenvalue weighted by atomic mass is 9.56. The number of carbonyl (C=O) groups is 4. The van der Waals surface area contributed by atoms with Crippen LogP contribution in [-0.2, 0) is 19.2 Å². The van der Waals surface area contributed by atoms with Crippen LogP contribution in [0.4, 0.5) is 10.1 Å². The summed E-state index contributed by atoms with van der Waals surface area (Å²) < 4.78 is 14.5. The molecule has 0 unspecified atom stereocenters. The van der Waals surface area contributed by atoms with E-state index in [4.69, 9.17) is 23.2 Å². The number of anilines is 1. The number of nitrogens with zero attached hydrogens (tertiary/aromatic N) is 2. The zero-order valence-electron chi connectivity index (χ0n) is 19.5. The zero-order chi connectivity index (χ0) is 26.4. The van der Waals surface area contributed by atoms with Gasteiger partial charge in [0.15, 0.2) is 21.3 Å². The van der Waals surface area contributed by atoms with Crippen molar-refractivity contribution in [3.05, 3.63) is 71.6 Å². The molecule has 190 valence electrons. The van der Waals surface area contributed by atoms with Gasteiger partial charge >= 0.3 is 0 Å². The van der Waals surface area contributed by atoms with Crippen LogP contribution in [0.3, 0.4) is 0 Å². The highest BCUT2D eigenvalue weighted by molar-refractivity contribution is 6.53. The maximum Gasteiger partial charge on any atom is 0.253 e. The van der Waals surface area contributed by atoms with Gasteiger partial charge in [-0.25, -0.2) is 4.39 Å². The fourth-order valence-electron chi connectivity index (χ4n) is 6.69. The smallest absolute Gasteiger partial charge is 0.253 e. The Morgan fingerprint density at radius 3 is 2.35 bits per heavy atom. The maximum absolute atomic E-state index is 14.5. The summed E-state index contributed by atoms with van der Waals surface area (Å²) in [5.74, 6) is -7.48. The van der Waals surface area contributed by atoms with E-state index in [0.29, 0.717) is 11.3 Å². The first-order chi connectivity index (χ1) is 17.5. The SMILES string of the molecule is CN1C(=O)[C@]2(Cl)C[C@@H]3C(=CC[C@@H]4C(=O)N(c5ccccc5)C(=O)[C@@H]43)[C@H](c3cccc(F)c3O)[C@]2(Cl)C1=O. The van der Waals surface area contributed by atoms with Crippen LogP contribution in [0.15, 0.2) is 60.2 Å². The summed E-state index contributed by atoms with van der Waals surface area (Å²) in [5, 5.41) is 10.7. The van der Waals surface area contributed by atoms with Crippen LogP contribution in [0.1, 0.15) is 24.3 Å². The molecule has 0 aromatic heterocycles. The Hall–Kier alpha value is -3.23. The third-order valence-electron chi connectivity index (χ3n) is 8.36. The first-order valence-electron chi connectivity index (χ1n) is 11.8. The van der Waals surface area contributed by atoms with E-state index in [1.54, 1.807) is 36.4 Å². The van der Waals surface area contributed by atoms with Gasteiger partial charge in [-0.2, -0.15) is 0 Å². The molecule has 0 radical (unpaired) electrons. The minimum atomic E-state index is -2.08. The van der Waals surface area contributed by atoms with Crippen molar-refractivity contribution in [1.82, 2.24) is 4.90 Å². The molecule has 2 aliphatic heterocycles. The largest absolute Gasteiger partial charge is 0.505 e. The number of alkyl halides is 2. The average Bonchev–Trinajstić information content (AvgIpc) is 3.21. The number of benzene rings is 2. The Kier molecular flexibility index (Phi) is 5.14. The molecule has 2 saturated heterocycles. The highest BCUT2D eigenvalue weighted by Crippen LogP contribution is 2.66. The van der Waals surface area contributed by atoms with E-state index in [-0.39, 0.29) is 24.3 Å². The predicted molar refractivity (Wildman–Crippen MR) is 132 cm³/mol. The van der Waals surface area contributed by atoms with Gasteiger partial charge < -0.3 is 5.11 Å². The topological polar surface area (TPSA) is 95.0 Å². The molecule has 3 fully saturated rings. The van der Waals surface area contributed by atoms with Crippen LogP contribution in [0.2, 0.25) is 0 Å². The molecule has 2 aromatic carbocycles. The highest BCUT2D eigenvalue weighted by atomic mass is 35.5. The van der Waals surface area contributed by atoms with Gasteiger partial charge in [-0.3, -0.25) is 29.0 Å². The molecule has 6 rings (SSSR count). The molecule has 2 aliphatic carbocycles. The molecule has 37 heavy (non-hydrogen) atoms. The Bertz CT molecular complexity index is 1430. The van der Waals surface area contributed by atoms with Crippen LogP contribution < -0.4 is 4.90 Å². The molecule has 6 atom stereocenters. The second-order valence-corrected chi connectivity index (χ2v) is 11.3. The number of hydrogen-bond donors (Lipinski definition) is 1. The summed E-state index contributed by atoms with van der Waals surface area (Å²) in [5.41, 5.74) is 0.909. The summed E-state index contributed by atoms with van der Waals surface area (Å²) >= 11 is 14.0. The standard InChI is InChI=1S/C27H21Cl2FN2O5/c1-31-24(36)26(28)12-17-14(20(27(26,29)25(31)37)16-8-5-9-18(30)21(16)33)10-11-15-19(17)23(35)32(22(15)34)13-6-3-2-4-7-13/h2-10,15,17,19-20,33H,11-12H2,1H3/t15-,17+,19-,20+,26+,27-/m0/s1. The number of phenolic OH excluding ortho intramolecular Hbond substituents is 1. The first-order valence-corrected chi connectivity index (χ1v) is 12.6. The van der Waals surface area contributed by atoms with E-state index in [1.165, 1.54) is 19.2 Å². The monoisotopic (exact) mass is 542 g/mol. The number of aromatic hydroxyl groups is 1. The summed E-state index contributed by atoms with van der Waals surface area (Å²) in [6.45, 7) is 0. The average molecular weight is 543 g/mol. The minimum absolute atomic E-state index is 0.0115. The van der Waals surface area contributed by atoms with Crippen LogP contribution in [0, 0.1) is 23.6 Å². The fourth-order valence-corrected chi connectivity index (χ4v) is 7.70. The van der Waals surface area contributed by atoms with Crippen molar-refractivity contribution >= 4 is 52.5 Å². The molecule has 2 heterocycles. The van der Waals surface area contributed by atoms with Crippen molar-refractivity contribution in [2.45, 2.75) is 28.5 Å². The van der Waals surface area contributed by atoms with Gasteiger partial charge in [-0.15, -0.1) is 23.2 Å². The number of likely N-dealkylation sites (tertiary alicyclic amines) is 1. The van der Waals surface area contributed by atoms with Crippen molar-refractivity contribution in [1.29, 1.82) is 0 Å². The lowest BCUT2D eigenvalue weighted by Crippen LogP contribution is -2.60. The quantitative estimate of drug-likeness (QED) is 0.354. The lowest BCUT2D eigenvalue weighted by molar-refractivity contribution is -0.138. The van der Waals surface area contributed by atoms with Crippen LogP contribution in [0.25, 0.3) is 0 Å². The Balaban J connectivity index is 1.55. The van der Waals surface area contributed by atoms with Gasteiger partial charge in [-0.05, 0) is 37.0 Å². The van der Waals surface area contributed by atoms with E-state index < -0.39 is 62.7 Å². The third-order valence-corrected chi connectivity index (χ3v) is 9.77. The second-order valence-electron chi connectivity index (χ2n) is 10.0.